The predicted molar refractivity (Wildman–Crippen MR) is 99.0 cm³/mol. The van der Waals surface area contributed by atoms with Crippen molar-refractivity contribution in [1.82, 2.24) is 0 Å². The Morgan fingerprint density at radius 3 is 1.43 bits per heavy atom. The largest absolute Gasteiger partial charge is 0.456 e. The van der Waals surface area contributed by atoms with Crippen LogP contribution in [0.2, 0.25) is 0 Å². The van der Waals surface area contributed by atoms with Crippen LogP contribution >= 0.6 is 58.2 Å². The molecule has 0 saturated carbocycles. The lowest BCUT2D eigenvalue weighted by atomic mass is 10.2. The second-order valence-electron chi connectivity index (χ2n) is 4.51. The number of halogens is 4. The Labute approximate surface area is 146 Å². The Bertz CT molecular complexity index is 591. The van der Waals surface area contributed by atoms with Gasteiger partial charge in [0.05, 0.1) is 0 Å². The van der Waals surface area contributed by atoms with E-state index in [0.717, 1.165) is 21.7 Å². The van der Waals surface area contributed by atoms with E-state index in [-0.39, 0.29) is 0 Å². The van der Waals surface area contributed by atoms with Crippen LogP contribution in [0.5, 0.6) is 11.5 Å². The Hall–Kier alpha value is 0.260. The third kappa shape index (κ3) is 4.61. The predicted octanol–water partition coefficient (Wildman–Crippen LogP) is 6.93. The van der Waals surface area contributed by atoms with Crippen molar-refractivity contribution in [2.75, 3.05) is 0 Å². The minimum atomic E-state index is -1.30. The lowest BCUT2D eigenvalue weighted by molar-refractivity contribution is 0.490. The second-order valence-corrected chi connectivity index (χ2v) is 11.5. The van der Waals surface area contributed by atoms with E-state index >= 15 is 0 Å². The fourth-order valence-corrected chi connectivity index (χ4v) is 4.57. The summed E-state index contributed by atoms with van der Waals surface area (Å²) in [6.45, 7) is 1.36. The van der Waals surface area contributed by atoms with Gasteiger partial charge in [-0.1, -0.05) is 68.2 Å². The molecule has 21 heavy (non-hydrogen) atoms. The standard InChI is InChI=1S/C14H12Cl4OP2/c1-9-3-5-11(13(7-9)20(15)16)19-12-6-4-10(2)8-14(12)21(17)18/h3-8H,1-2H3. The lowest BCUT2D eigenvalue weighted by Crippen LogP contribution is -2.07. The quantitative estimate of drug-likeness (QED) is 0.506. The van der Waals surface area contributed by atoms with Crippen molar-refractivity contribution in [3.63, 3.8) is 0 Å². The van der Waals surface area contributed by atoms with Crippen molar-refractivity contribution in [3.8, 4) is 11.5 Å². The van der Waals surface area contributed by atoms with E-state index in [9.17, 15) is 0 Å². The molecule has 112 valence electrons. The van der Waals surface area contributed by atoms with Gasteiger partial charge in [0.25, 0.3) is 0 Å². The molecule has 0 aromatic heterocycles. The van der Waals surface area contributed by atoms with E-state index in [1.165, 1.54) is 0 Å². The van der Waals surface area contributed by atoms with Crippen molar-refractivity contribution in [2.45, 2.75) is 13.8 Å². The van der Waals surface area contributed by atoms with Gasteiger partial charge in [-0.3, -0.25) is 0 Å². The van der Waals surface area contributed by atoms with Gasteiger partial charge in [0.15, 0.2) is 0 Å². The minimum Gasteiger partial charge on any atom is -0.456 e. The first-order chi connectivity index (χ1) is 9.88. The SMILES string of the molecule is Cc1ccc(Oc2ccc(C)cc2P(Cl)Cl)c(P(Cl)Cl)c1. The summed E-state index contributed by atoms with van der Waals surface area (Å²) in [6.07, 6.45) is 0. The molecule has 0 aliphatic rings. The molecule has 2 aromatic rings. The zero-order chi connectivity index (χ0) is 15.6. The molecule has 0 heterocycles. The van der Waals surface area contributed by atoms with Gasteiger partial charge in [-0.2, -0.15) is 0 Å². The number of benzene rings is 2. The van der Waals surface area contributed by atoms with Gasteiger partial charge in [-0.25, -0.2) is 0 Å². The van der Waals surface area contributed by atoms with Crippen molar-refractivity contribution >= 4 is 68.8 Å². The molecule has 0 N–H and O–H groups in total. The van der Waals surface area contributed by atoms with Crippen molar-refractivity contribution in [1.29, 1.82) is 0 Å². The fraction of sp³-hybridized carbons (Fsp3) is 0.143. The van der Waals surface area contributed by atoms with E-state index < -0.39 is 13.3 Å². The van der Waals surface area contributed by atoms with Gasteiger partial charge >= 0.3 is 0 Å². The molecule has 0 saturated heterocycles. The average molecular weight is 400 g/mol. The van der Waals surface area contributed by atoms with E-state index in [0.29, 0.717) is 11.5 Å². The van der Waals surface area contributed by atoms with Crippen LogP contribution in [0.1, 0.15) is 11.1 Å². The van der Waals surface area contributed by atoms with Crippen LogP contribution in [0.15, 0.2) is 36.4 Å². The van der Waals surface area contributed by atoms with Gasteiger partial charge in [0, 0.05) is 10.6 Å². The first kappa shape index (κ1) is 17.6. The van der Waals surface area contributed by atoms with Crippen LogP contribution in [0.4, 0.5) is 0 Å². The Kier molecular flexibility index (Phi) is 6.45. The lowest BCUT2D eigenvalue weighted by Gasteiger charge is -2.15. The molecule has 1 nitrogen and oxygen atoms in total. The summed E-state index contributed by atoms with van der Waals surface area (Å²) in [5.41, 5.74) is 2.15. The number of aryl methyl sites for hydroxylation is 2. The highest BCUT2D eigenvalue weighted by molar-refractivity contribution is 8.09. The molecule has 0 atom stereocenters. The molecule has 0 aliphatic carbocycles. The summed E-state index contributed by atoms with van der Waals surface area (Å²) >= 11 is 24.3. The topological polar surface area (TPSA) is 9.23 Å². The van der Waals surface area contributed by atoms with Gasteiger partial charge in [0.1, 0.15) is 24.8 Å². The van der Waals surface area contributed by atoms with E-state index in [4.69, 9.17) is 49.7 Å². The van der Waals surface area contributed by atoms with Crippen molar-refractivity contribution in [3.05, 3.63) is 47.5 Å². The summed E-state index contributed by atoms with van der Waals surface area (Å²) in [4.78, 5) is 0. The molecule has 0 aliphatic heterocycles. The summed E-state index contributed by atoms with van der Waals surface area (Å²) in [7, 11) is 0. The fourth-order valence-electron chi connectivity index (χ4n) is 1.81. The smallest absolute Gasteiger partial charge is 0.137 e. The second kappa shape index (κ2) is 7.69. The van der Waals surface area contributed by atoms with Gasteiger partial charge in [-0.15, -0.1) is 0 Å². The van der Waals surface area contributed by atoms with Crippen LogP contribution in [0, 0.1) is 13.8 Å². The Morgan fingerprint density at radius 1 is 0.714 bits per heavy atom. The zero-order valence-corrected chi connectivity index (χ0v) is 16.1. The Morgan fingerprint density at radius 2 is 1.10 bits per heavy atom. The average Bonchev–Trinajstić information content (AvgIpc) is 2.42. The normalized spacial score (nSPS) is 11.2. The van der Waals surface area contributed by atoms with E-state index in [1.807, 2.05) is 50.2 Å². The number of rotatable bonds is 4. The van der Waals surface area contributed by atoms with Crippen molar-refractivity contribution in [2.24, 2.45) is 0 Å². The highest BCUT2D eigenvalue weighted by Crippen LogP contribution is 2.50. The number of ether oxygens (including phenoxy) is 1. The third-order valence-electron chi connectivity index (χ3n) is 2.81. The van der Waals surface area contributed by atoms with Crippen molar-refractivity contribution < 1.29 is 4.74 Å². The molecule has 0 unspecified atom stereocenters. The molecule has 0 spiro atoms. The monoisotopic (exact) mass is 398 g/mol. The molecule has 0 radical (unpaired) electrons. The number of hydrogen-bond donors (Lipinski definition) is 0. The van der Waals surface area contributed by atoms with Crippen LogP contribution in [0.3, 0.4) is 0 Å². The molecular weight excluding hydrogens is 388 g/mol. The molecule has 7 heteroatoms. The van der Waals surface area contributed by atoms with Crippen LogP contribution in [-0.4, -0.2) is 0 Å². The third-order valence-corrected chi connectivity index (χ3v) is 6.43. The molecule has 0 bridgehead atoms. The maximum Gasteiger partial charge on any atom is 0.137 e. The highest BCUT2D eigenvalue weighted by Gasteiger charge is 2.17. The summed E-state index contributed by atoms with van der Waals surface area (Å²) in [6, 6.07) is 11.5. The minimum absolute atomic E-state index is 0.631. The van der Waals surface area contributed by atoms with Crippen LogP contribution < -0.4 is 15.3 Å². The highest BCUT2D eigenvalue weighted by atomic mass is 35.9. The molecule has 0 amide bonds. The number of hydrogen-bond acceptors (Lipinski definition) is 1. The Balaban J connectivity index is 2.43. The molecule has 2 rings (SSSR count). The summed E-state index contributed by atoms with van der Waals surface area (Å²) < 4.78 is 5.97. The van der Waals surface area contributed by atoms with Gasteiger partial charge in [-0.05, 0) is 38.1 Å². The molecule has 0 fully saturated rings. The first-order valence-corrected chi connectivity index (χ1v) is 12.3. The van der Waals surface area contributed by atoms with Crippen LogP contribution in [0.25, 0.3) is 0 Å². The maximum absolute atomic E-state index is 6.08. The summed E-state index contributed by atoms with van der Waals surface area (Å²) in [5.74, 6) is 1.26. The first-order valence-electron chi connectivity index (χ1n) is 6.01. The summed E-state index contributed by atoms with van der Waals surface area (Å²) in [5, 5.41) is 1.57. The maximum atomic E-state index is 6.08. The van der Waals surface area contributed by atoms with E-state index in [2.05, 4.69) is 0 Å². The van der Waals surface area contributed by atoms with E-state index in [1.54, 1.807) is 0 Å². The van der Waals surface area contributed by atoms with Crippen LogP contribution in [-0.2, 0) is 0 Å². The zero-order valence-electron chi connectivity index (χ0n) is 11.3. The molecular formula is C14H12Cl4OP2. The van der Waals surface area contributed by atoms with Gasteiger partial charge in [0.2, 0.25) is 0 Å². The molecule has 2 aromatic carbocycles. The van der Waals surface area contributed by atoms with Gasteiger partial charge < -0.3 is 4.74 Å².